The molecule has 2 atom stereocenters. The molecule has 0 aromatic heterocycles. The van der Waals surface area contributed by atoms with Gasteiger partial charge in [-0.25, -0.2) is 0 Å². The summed E-state index contributed by atoms with van der Waals surface area (Å²) in [7, 11) is 3.03. The third-order valence-electron chi connectivity index (χ3n) is 4.04. The molecule has 6 nitrogen and oxygen atoms in total. The lowest BCUT2D eigenvalue weighted by atomic mass is 10.1. The van der Waals surface area contributed by atoms with Crippen molar-refractivity contribution in [1.82, 2.24) is 0 Å². The zero-order valence-electron chi connectivity index (χ0n) is 12.5. The van der Waals surface area contributed by atoms with Gasteiger partial charge in [-0.2, -0.15) is 0 Å². The van der Waals surface area contributed by atoms with E-state index in [9.17, 15) is 9.59 Å². The van der Waals surface area contributed by atoms with Crippen LogP contribution in [0.2, 0.25) is 0 Å². The van der Waals surface area contributed by atoms with Gasteiger partial charge in [-0.15, -0.1) is 0 Å². The fraction of sp³-hybridized carbons (Fsp3) is 0.467. The summed E-state index contributed by atoms with van der Waals surface area (Å²) in [5.41, 5.74) is -0.0366. The normalized spacial score (nSPS) is 22.3. The molecule has 0 aliphatic heterocycles. The number of aliphatic carboxylic acids is 1. The number of carbonyl (C=O) groups excluding carboxylic acids is 1. The van der Waals surface area contributed by atoms with E-state index in [0.29, 0.717) is 17.2 Å². The van der Waals surface area contributed by atoms with E-state index >= 15 is 0 Å². The molecular formula is C15H19NO5. The summed E-state index contributed by atoms with van der Waals surface area (Å²) in [6.07, 6.45) is 0. The highest BCUT2D eigenvalue weighted by Crippen LogP contribution is 2.58. The molecule has 0 saturated heterocycles. The van der Waals surface area contributed by atoms with Crippen LogP contribution >= 0.6 is 0 Å². The zero-order chi connectivity index (χ0) is 15.8. The second-order valence-electron chi connectivity index (χ2n) is 5.67. The maximum atomic E-state index is 12.3. The Morgan fingerprint density at radius 1 is 1.19 bits per heavy atom. The number of ether oxygens (including phenoxy) is 2. The number of hydrogen-bond donors (Lipinski definition) is 2. The monoisotopic (exact) mass is 293 g/mol. The van der Waals surface area contributed by atoms with Gasteiger partial charge in [0.2, 0.25) is 5.91 Å². The van der Waals surface area contributed by atoms with Crippen LogP contribution in [-0.4, -0.2) is 31.2 Å². The van der Waals surface area contributed by atoms with Crippen molar-refractivity contribution >= 4 is 17.6 Å². The van der Waals surface area contributed by atoms with Crippen molar-refractivity contribution in [1.29, 1.82) is 0 Å². The number of anilines is 1. The number of carbonyl (C=O) groups is 2. The fourth-order valence-electron chi connectivity index (χ4n) is 2.70. The van der Waals surface area contributed by atoms with E-state index in [0.717, 1.165) is 0 Å². The van der Waals surface area contributed by atoms with Crippen molar-refractivity contribution in [2.75, 3.05) is 19.5 Å². The van der Waals surface area contributed by atoms with Gasteiger partial charge >= 0.3 is 5.97 Å². The maximum Gasteiger partial charge on any atom is 0.307 e. The highest BCUT2D eigenvalue weighted by atomic mass is 16.5. The summed E-state index contributed by atoms with van der Waals surface area (Å²) in [6.45, 7) is 3.56. The van der Waals surface area contributed by atoms with Crippen LogP contribution in [0.3, 0.4) is 0 Å². The molecule has 0 bridgehead atoms. The molecule has 1 aliphatic rings. The van der Waals surface area contributed by atoms with Crippen LogP contribution in [0, 0.1) is 17.3 Å². The third-order valence-corrected chi connectivity index (χ3v) is 4.04. The van der Waals surface area contributed by atoms with E-state index < -0.39 is 23.2 Å². The molecule has 21 heavy (non-hydrogen) atoms. The first kappa shape index (κ1) is 15.2. The topological polar surface area (TPSA) is 84.9 Å². The zero-order valence-corrected chi connectivity index (χ0v) is 12.5. The molecule has 2 rings (SSSR count). The number of nitrogens with one attached hydrogen (secondary N) is 1. The smallest absolute Gasteiger partial charge is 0.307 e. The van der Waals surface area contributed by atoms with Gasteiger partial charge in [0, 0.05) is 6.07 Å². The number of amides is 1. The van der Waals surface area contributed by atoms with E-state index in [1.165, 1.54) is 14.2 Å². The first-order chi connectivity index (χ1) is 9.82. The quantitative estimate of drug-likeness (QED) is 0.867. The number of carboxylic acids is 1. The molecule has 1 fully saturated rings. The van der Waals surface area contributed by atoms with E-state index in [2.05, 4.69) is 5.32 Å². The largest absolute Gasteiger partial charge is 0.497 e. The highest BCUT2D eigenvalue weighted by molar-refractivity contribution is 6.00. The molecule has 2 N–H and O–H groups in total. The van der Waals surface area contributed by atoms with E-state index in [1.54, 1.807) is 32.0 Å². The van der Waals surface area contributed by atoms with Crippen LogP contribution in [0.1, 0.15) is 13.8 Å². The second kappa shape index (κ2) is 5.27. The predicted octanol–water partition coefficient (Wildman–Crippen LogP) is 2.00. The van der Waals surface area contributed by atoms with Gasteiger partial charge < -0.3 is 19.9 Å². The molecule has 1 aromatic rings. The summed E-state index contributed by atoms with van der Waals surface area (Å²) in [6, 6.07) is 5.02. The van der Waals surface area contributed by atoms with Crippen LogP contribution in [0.4, 0.5) is 5.69 Å². The molecule has 6 heteroatoms. The van der Waals surface area contributed by atoms with Crippen molar-refractivity contribution in [3.05, 3.63) is 18.2 Å². The van der Waals surface area contributed by atoms with E-state index in [1.807, 2.05) is 0 Å². The van der Waals surface area contributed by atoms with E-state index in [4.69, 9.17) is 14.6 Å². The molecule has 0 heterocycles. The number of carboxylic acid groups (broad SMARTS) is 1. The van der Waals surface area contributed by atoms with Crippen LogP contribution in [-0.2, 0) is 9.59 Å². The van der Waals surface area contributed by atoms with Gasteiger partial charge in [0.05, 0.1) is 31.7 Å². The van der Waals surface area contributed by atoms with Crippen molar-refractivity contribution in [3.8, 4) is 11.5 Å². The Balaban J connectivity index is 2.16. The Bertz CT molecular complexity index is 581. The summed E-state index contributed by atoms with van der Waals surface area (Å²) in [4.78, 5) is 23.4. The first-order valence-electron chi connectivity index (χ1n) is 6.58. The van der Waals surface area contributed by atoms with Crippen molar-refractivity contribution in [3.63, 3.8) is 0 Å². The number of benzene rings is 1. The van der Waals surface area contributed by atoms with Gasteiger partial charge in [-0.3, -0.25) is 9.59 Å². The van der Waals surface area contributed by atoms with Gasteiger partial charge in [0.15, 0.2) is 0 Å². The molecule has 1 saturated carbocycles. The molecule has 114 valence electrons. The fourth-order valence-corrected chi connectivity index (χ4v) is 2.70. The minimum atomic E-state index is -0.943. The lowest BCUT2D eigenvalue weighted by Crippen LogP contribution is -2.18. The molecule has 1 aromatic carbocycles. The third kappa shape index (κ3) is 2.66. The minimum absolute atomic E-state index is 0.309. The predicted molar refractivity (Wildman–Crippen MR) is 76.6 cm³/mol. The molecular weight excluding hydrogens is 274 g/mol. The Labute approximate surface area is 123 Å². The Morgan fingerprint density at radius 3 is 2.33 bits per heavy atom. The van der Waals surface area contributed by atoms with Crippen LogP contribution < -0.4 is 14.8 Å². The summed E-state index contributed by atoms with van der Waals surface area (Å²) < 4.78 is 10.3. The average molecular weight is 293 g/mol. The first-order valence-corrected chi connectivity index (χ1v) is 6.58. The Hall–Kier alpha value is -2.24. The number of hydrogen-bond acceptors (Lipinski definition) is 4. The lowest BCUT2D eigenvalue weighted by Gasteiger charge is -2.12. The average Bonchev–Trinajstić information content (AvgIpc) is 3.02. The van der Waals surface area contributed by atoms with Crippen LogP contribution in [0.5, 0.6) is 11.5 Å². The molecule has 0 spiro atoms. The summed E-state index contributed by atoms with van der Waals surface area (Å²) in [5, 5.41) is 11.9. The number of rotatable bonds is 5. The molecule has 1 aliphatic carbocycles. The van der Waals surface area contributed by atoms with Crippen LogP contribution in [0.25, 0.3) is 0 Å². The van der Waals surface area contributed by atoms with Gasteiger partial charge in [0.1, 0.15) is 11.5 Å². The Morgan fingerprint density at radius 2 is 1.86 bits per heavy atom. The van der Waals surface area contributed by atoms with Crippen molar-refractivity contribution < 1.29 is 24.2 Å². The lowest BCUT2D eigenvalue weighted by molar-refractivity contribution is -0.140. The molecule has 0 unspecified atom stereocenters. The molecule has 0 radical (unpaired) electrons. The summed E-state index contributed by atoms with van der Waals surface area (Å²) >= 11 is 0. The highest BCUT2D eigenvalue weighted by Gasteiger charge is 2.65. The Kier molecular flexibility index (Phi) is 3.80. The number of methoxy groups -OCH3 is 2. The second-order valence-corrected chi connectivity index (χ2v) is 5.67. The van der Waals surface area contributed by atoms with Gasteiger partial charge in [-0.05, 0) is 17.5 Å². The van der Waals surface area contributed by atoms with Crippen molar-refractivity contribution in [2.24, 2.45) is 17.3 Å². The van der Waals surface area contributed by atoms with Gasteiger partial charge in [-0.1, -0.05) is 13.8 Å². The maximum absolute atomic E-state index is 12.3. The SMILES string of the molecule is COc1ccc(NC(=O)[C@@H]2[C@H](C(=O)O)C2(C)C)c(OC)c1. The van der Waals surface area contributed by atoms with Crippen molar-refractivity contribution in [2.45, 2.75) is 13.8 Å². The minimum Gasteiger partial charge on any atom is -0.497 e. The molecule has 1 amide bonds. The standard InChI is InChI=1S/C15H19NO5/c1-15(2)11(12(15)14(18)19)13(17)16-9-6-5-8(20-3)7-10(9)21-4/h5-7,11-12H,1-4H3,(H,16,17)(H,18,19)/t11-,12+/m0/s1. The van der Waals surface area contributed by atoms with E-state index in [-0.39, 0.29) is 5.91 Å². The van der Waals surface area contributed by atoms with Crippen LogP contribution in [0.15, 0.2) is 18.2 Å². The summed E-state index contributed by atoms with van der Waals surface area (Å²) in [5.74, 6) is -1.37. The van der Waals surface area contributed by atoms with Gasteiger partial charge in [0.25, 0.3) is 0 Å².